The molecule has 4 nitrogen and oxygen atoms in total. The quantitative estimate of drug-likeness (QED) is 0.828. The van der Waals surface area contributed by atoms with Crippen molar-refractivity contribution < 1.29 is 9.47 Å². The molecule has 2 atom stereocenters. The lowest BCUT2D eigenvalue weighted by Crippen LogP contribution is -2.58. The molecule has 0 radical (unpaired) electrons. The van der Waals surface area contributed by atoms with Gasteiger partial charge in [0.2, 0.25) is 0 Å². The van der Waals surface area contributed by atoms with E-state index in [1.165, 1.54) is 12.8 Å². The first-order valence-electron chi connectivity index (χ1n) is 7.83. The van der Waals surface area contributed by atoms with Crippen LogP contribution in [0.25, 0.3) is 0 Å². The Morgan fingerprint density at radius 1 is 1.26 bits per heavy atom. The summed E-state index contributed by atoms with van der Waals surface area (Å²) in [7, 11) is 4.34. The number of likely N-dealkylation sites (N-methyl/N-ethyl adjacent to an activating group) is 2. The maximum atomic E-state index is 5.92. The van der Waals surface area contributed by atoms with Gasteiger partial charge in [-0.15, -0.1) is 0 Å². The first kappa shape index (κ1) is 15.2. The molecule has 4 heteroatoms. The monoisotopic (exact) mass is 270 g/mol. The third-order valence-corrected chi connectivity index (χ3v) is 5.05. The van der Waals surface area contributed by atoms with E-state index in [9.17, 15) is 0 Å². The van der Waals surface area contributed by atoms with E-state index in [0.717, 1.165) is 32.5 Å². The molecule has 2 aliphatic rings. The Labute approximate surface area is 117 Å². The Morgan fingerprint density at radius 3 is 2.42 bits per heavy atom. The third-order valence-electron chi connectivity index (χ3n) is 5.05. The van der Waals surface area contributed by atoms with E-state index in [-0.39, 0.29) is 5.79 Å². The topological polar surface area (TPSA) is 33.7 Å². The maximum absolute atomic E-state index is 5.92. The predicted octanol–water partition coefficient (Wildman–Crippen LogP) is 1.99. The summed E-state index contributed by atoms with van der Waals surface area (Å²) in [5.41, 5.74) is 0. The molecule has 2 rings (SSSR count). The van der Waals surface area contributed by atoms with E-state index in [4.69, 9.17) is 9.47 Å². The van der Waals surface area contributed by atoms with Crippen molar-refractivity contribution in [2.45, 2.75) is 69.9 Å². The van der Waals surface area contributed by atoms with Gasteiger partial charge in [0.1, 0.15) is 0 Å². The summed E-state index contributed by atoms with van der Waals surface area (Å²) in [6.07, 6.45) is 5.55. The fraction of sp³-hybridized carbons (Fsp3) is 1.00. The second-order valence-corrected chi connectivity index (χ2v) is 5.95. The number of nitrogens with one attached hydrogen (secondary N) is 1. The largest absolute Gasteiger partial charge is 0.347 e. The molecule has 1 saturated carbocycles. The lowest BCUT2D eigenvalue weighted by molar-refractivity contribution is -0.194. The molecule has 19 heavy (non-hydrogen) atoms. The Morgan fingerprint density at radius 2 is 1.89 bits per heavy atom. The average molecular weight is 270 g/mol. The van der Waals surface area contributed by atoms with Crippen LogP contribution < -0.4 is 5.32 Å². The molecule has 0 aromatic heterocycles. The SMILES string of the molecule is CCC(CC)N(C)C1CC2(CCC1NC)OCCO2. The summed E-state index contributed by atoms with van der Waals surface area (Å²) in [6.45, 7) is 6.07. The molecule has 1 N–H and O–H groups in total. The van der Waals surface area contributed by atoms with Gasteiger partial charge in [0, 0.05) is 31.0 Å². The Hall–Kier alpha value is -0.160. The zero-order valence-electron chi connectivity index (χ0n) is 12.9. The van der Waals surface area contributed by atoms with Gasteiger partial charge in [0.05, 0.1) is 13.2 Å². The smallest absolute Gasteiger partial charge is 0.170 e. The van der Waals surface area contributed by atoms with E-state index in [1.54, 1.807) is 0 Å². The van der Waals surface area contributed by atoms with Crippen LogP contribution in [0.4, 0.5) is 0 Å². The van der Waals surface area contributed by atoms with Crippen molar-refractivity contribution in [2.75, 3.05) is 27.3 Å². The average Bonchev–Trinajstić information content (AvgIpc) is 2.88. The number of hydrogen-bond donors (Lipinski definition) is 1. The Kier molecular flexibility index (Phi) is 5.23. The number of hydrogen-bond acceptors (Lipinski definition) is 4. The zero-order valence-corrected chi connectivity index (χ0v) is 12.9. The first-order chi connectivity index (χ1) is 9.15. The minimum atomic E-state index is -0.293. The van der Waals surface area contributed by atoms with Crippen molar-refractivity contribution in [3.05, 3.63) is 0 Å². The van der Waals surface area contributed by atoms with Crippen LogP contribution in [-0.2, 0) is 9.47 Å². The lowest BCUT2D eigenvalue weighted by Gasteiger charge is -2.46. The van der Waals surface area contributed by atoms with Crippen LogP contribution in [-0.4, -0.2) is 56.1 Å². The van der Waals surface area contributed by atoms with Gasteiger partial charge in [-0.05, 0) is 33.4 Å². The molecular weight excluding hydrogens is 240 g/mol. The van der Waals surface area contributed by atoms with Crippen molar-refractivity contribution in [1.29, 1.82) is 0 Å². The van der Waals surface area contributed by atoms with Crippen LogP contribution in [0.3, 0.4) is 0 Å². The molecule has 1 heterocycles. The molecule has 1 spiro atoms. The van der Waals surface area contributed by atoms with Gasteiger partial charge in [-0.25, -0.2) is 0 Å². The van der Waals surface area contributed by atoms with Crippen LogP contribution >= 0.6 is 0 Å². The molecule has 2 fully saturated rings. The van der Waals surface area contributed by atoms with Gasteiger partial charge in [-0.1, -0.05) is 13.8 Å². The third kappa shape index (κ3) is 3.13. The fourth-order valence-corrected chi connectivity index (χ4v) is 3.79. The molecule has 112 valence electrons. The summed E-state index contributed by atoms with van der Waals surface area (Å²) in [5, 5.41) is 3.49. The number of ether oxygens (including phenoxy) is 2. The highest BCUT2D eigenvalue weighted by Gasteiger charge is 2.46. The van der Waals surface area contributed by atoms with Crippen molar-refractivity contribution in [1.82, 2.24) is 10.2 Å². The summed E-state index contributed by atoms with van der Waals surface area (Å²) in [4.78, 5) is 2.55. The van der Waals surface area contributed by atoms with E-state index in [1.807, 2.05) is 0 Å². The molecule has 1 saturated heterocycles. The highest BCUT2D eigenvalue weighted by Crippen LogP contribution is 2.38. The van der Waals surface area contributed by atoms with Gasteiger partial charge in [0.15, 0.2) is 5.79 Å². The molecule has 1 aliphatic carbocycles. The van der Waals surface area contributed by atoms with Crippen molar-refractivity contribution in [3.8, 4) is 0 Å². The van der Waals surface area contributed by atoms with E-state index in [0.29, 0.717) is 18.1 Å². The van der Waals surface area contributed by atoms with Crippen LogP contribution in [0.1, 0.15) is 46.0 Å². The molecule has 0 aromatic rings. The molecule has 2 unspecified atom stereocenters. The zero-order chi connectivity index (χ0) is 13.9. The second-order valence-electron chi connectivity index (χ2n) is 5.95. The van der Waals surface area contributed by atoms with Crippen molar-refractivity contribution in [2.24, 2.45) is 0 Å². The second kappa shape index (κ2) is 6.53. The standard InChI is InChI=1S/C15H30N2O2/c1-5-12(6-2)17(4)14-11-15(18-9-10-19-15)8-7-13(14)16-3/h12-14,16H,5-11H2,1-4H3. The predicted molar refractivity (Wildman–Crippen MR) is 77.3 cm³/mol. The van der Waals surface area contributed by atoms with Crippen LogP contribution in [0, 0.1) is 0 Å². The Bertz CT molecular complexity index is 275. The van der Waals surface area contributed by atoms with E-state index < -0.39 is 0 Å². The summed E-state index contributed by atoms with van der Waals surface area (Å²) in [5.74, 6) is -0.293. The molecule has 0 bridgehead atoms. The number of nitrogens with zero attached hydrogens (tertiary/aromatic N) is 1. The minimum Gasteiger partial charge on any atom is -0.347 e. The molecular formula is C15H30N2O2. The summed E-state index contributed by atoms with van der Waals surface area (Å²) >= 11 is 0. The lowest BCUT2D eigenvalue weighted by atomic mass is 9.84. The summed E-state index contributed by atoms with van der Waals surface area (Å²) in [6, 6.07) is 1.70. The molecule has 0 aromatic carbocycles. The summed E-state index contributed by atoms with van der Waals surface area (Å²) < 4.78 is 11.8. The van der Waals surface area contributed by atoms with Crippen LogP contribution in [0.2, 0.25) is 0 Å². The van der Waals surface area contributed by atoms with Gasteiger partial charge >= 0.3 is 0 Å². The molecule has 1 aliphatic heterocycles. The van der Waals surface area contributed by atoms with Gasteiger partial charge in [-0.2, -0.15) is 0 Å². The minimum absolute atomic E-state index is 0.293. The Balaban J connectivity index is 2.08. The van der Waals surface area contributed by atoms with Gasteiger partial charge < -0.3 is 14.8 Å². The van der Waals surface area contributed by atoms with Gasteiger partial charge in [0.25, 0.3) is 0 Å². The van der Waals surface area contributed by atoms with Crippen LogP contribution in [0.15, 0.2) is 0 Å². The van der Waals surface area contributed by atoms with Crippen molar-refractivity contribution >= 4 is 0 Å². The number of rotatable bonds is 5. The highest BCUT2D eigenvalue weighted by molar-refractivity contribution is 4.96. The fourth-order valence-electron chi connectivity index (χ4n) is 3.79. The normalized spacial score (nSPS) is 30.6. The van der Waals surface area contributed by atoms with Crippen LogP contribution in [0.5, 0.6) is 0 Å². The highest BCUT2D eigenvalue weighted by atomic mass is 16.7. The van der Waals surface area contributed by atoms with Gasteiger partial charge in [-0.3, -0.25) is 4.90 Å². The molecule has 0 amide bonds. The van der Waals surface area contributed by atoms with E-state index in [2.05, 4.69) is 38.2 Å². The maximum Gasteiger partial charge on any atom is 0.170 e. The van der Waals surface area contributed by atoms with Crippen molar-refractivity contribution in [3.63, 3.8) is 0 Å². The van der Waals surface area contributed by atoms with E-state index >= 15 is 0 Å². The first-order valence-corrected chi connectivity index (χ1v) is 7.83.